The summed E-state index contributed by atoms with van der Waals surface area (Å²) in [4.78, 5) is 11.8. The summed E-state index contributed by atoms with van der Waals surface area (Å²) in [6.45, 7) is 5.32. The Morgan fingerprint density at radius 1 is 1.26 bits per heavy atom. The van der Waals surface area contributed by atoms with Gasteiger partial charge in [0.05, 0.1) is 10.2 Å². The SMILES string of the molecule is CCCNc1nc(N2CCCC2)nc(C2CC2)c1Br. The largest absolute Gasteiger partial charge is 0.369 e. The van der Waals surface area contributed by atoms with Crippen LogP contribution < -0.4 is 10.2 Å². The molecule has 19 heavy (non-hydrogen) atoms. The number of hydrogen-bond acceptors (Lipinski definition) is 4. The van der Waals surface area contributed by atoms with E-state index < -0.39 is 0 Å². The Hall–Kier alpha value is -0.840. The van der Waals surface area contributed by atoms with Crippen LogP contribution in [-0.4, -0.2) is 29.6 Å². The fourth-order valence-corrected chi connectivity index (χ4v) is 3.14. The molecule has 1 aliphatic heterocycles. The van der Waals surface area contributed by atoms with Gasteiger partial charge in [0.2, 0.25) is 5.95 Å². The first-order valence-corrected chi connectivity index (χ1v) is 8.15. The van der Waals surface area contributed by atoms with Gasteiger partial charge in [-0.3, -0.25) is 0 Å². The summed E-state index contributed by atoms with van der Waals surface area (Å²) in [5.74, 6) is 2.53. The fraction of sp³-hybridized carbons (Fsp3) is 0.714. The molecule has 1 aromatic heterocycles. The van der Waals surface area contributed by atoms with Crippen LogP contribution in [0.15, 0.2) is 4.47 Å². The topological polar surface area (TPSA) is 41.1 Å². The van der Waals surface area contributed by atoms with E-state index in [0.717, 1.165) is 42.3 Å². The maximum absolute atomic E-state index is 4.81. The van der Waals surface area contributed by atoms with Crippen molar-refractivity contribution < 1.29 is 0 Å². The lowest BCUT2D eigenvalue weighted by atomic mass is 10.2. The summed E-state index contributed by atoms with van der Waals surface area (Å²) in [5.41, 5.74) is 1.20. The summed E-state index contributed by atoms with van der Waals surface area (Å²) >= 11 is 3.69. The van der Waals surface area contributed by atoms with Crippen molar-refractivity contribution in [2.45, 2.75) is 44.9 Å². The van der Waals surface area contributed by atoms with Crippen LogP contribution in [0, 0.1) is 0 Å². The van der Waals surface area contributed by atoms with Gasteiger partial charge >= 0.3 is 0 Å². The van der Waals surface area contributed by atoms with Crippen LogP contribution in [0.2, 0.25) is 0 Å². The van der Waals surface area contributed by atoms with Gasteiger partial charge in [-0.15, -0.1) is 0 Å². The molecule has 0 atom stereocenters. The Bertz CT molecular complexity index is 453. The standard InChI is InChI=1S/C14H21BrN4/c1-2-7-16-13-11(15)12(10-5-6-10)17-14(18-13)19-8-3-4-9-19/h10H,2-9H2,1H3,(H,16,17,18). The van der Waals surface area contributed by atoms with Gasteiger partial charge < -0.3 is 10.2 Å². The molecule has 4 nitrogen and oxygen atoms in total. The van der Waals surface area contributed by atoms with E-state index in [0.29, 0.717) is 5.92 Å². The first-order chi connectivity index (χ1) is 9.29. The van der Waals surface area contributed by atoms with Crippen LogP contribution in [0.25, 0.3) is 0 Å². The van der Waals surface area contributed by atoms with Crippen molar-refractivity contribution in [3.8, 4) is 0 Å². The maximum Gasteiger partial charge on any atom is 0.227 e. The zero-order chi connectivity index (χ0) is 13.2. The Morgan fingerprint density at radius 2 is 2.00 bits per heavy atom. The second-order valence-electron chi connectivity index (χ2n) is 5.47. The molecular weight excluding hydrogens is 304 g/mol. The molecule has 1 N–H and O–H groups in total. The Labute approximate surface area is 123 Å². The Morgan fingerprint density at radius 3 is 2.63 bits per heavy atom. The van der Waals surface area contributed by atoms with E-state index in [9.17, 15) is 0 Å². The lowest BCUT2D eigenvalue weighted by molar-refractivity contribution is 0.861. The Balaban J connectivity index is 1.92. The first-order valence-electron chi connectivity index (χ1n) is 7.36. The van der Waals surface area contributed by atoms with Crippen LogP contribution in [-0.2, 0) is 0 Å². The predicted octanol–water partition coefficient (Wildman–Crippen LogP) is 3.54. The lowest BCUT2D eigenvalue weighted by Gasteiger charge is -2.19. The molecule has 2 heterocycles. The highest BCUT2D eigenvalue weighted by atomic mass is 79.9. The average molecular weight is 325 g/mol. The molecule has 0 bridgehead atoms. The summed E-state index contributed by atoms with van der Waals surface area (Å²) in [7, 11) is 0. The quantitative estimate of drug-likeness (QED) is 0.899. The smallest absolute Gasteiger partial charge is 0.227 e. The zero-order valence-electron chi connectivity index (χ0n) is 11.5. The molecule has 0 aromatic carbocycles. The second kappa shape index (κ2) is 5.65. The third-order valence-electron chi connectivity index (χ3n) is 3.76. The lowest BCUT2D eigenvalue weighted by Crippen LogP contribution is -2.22. The van der Waals surface area contributed by atoms with Gasteiger partial charge in [0.1, 0.15) is 5.82 Å². The van der Waals surface area contributed by atoms with Gasteiger partial charge in [-0.2, -0.15) is 4.98 Å². The molecule has 2 aliphatic rings. The molecular formula is C14H21BrN4. The van der Waals surface area contributed by atoms with Gasteiger partial charge in [-0.05, 0) is 48.0 Å². The highest BCUT2D eigenvalue weighted by Gasteiger charge is 2.30. The van der Waals surface area contributed by atoms with E-state index in [1.165, 1.54) is 31.4 Å². The van der Waals surface area contributed by atoms with Gasteiger partial charge in [0.25, 0.3) is 0 Å². The summed E-state index contributed by atoms with van der Waals surface area (Å²) < 4.78 is 1.08. The third-order valence-corrected chi connectivity index (χ3v) is 4.54. The number of nitrogens with zero attached hydrogens (tertiary/aromatic N) is 3. The van der Waals surface area contributed by atoms with Gasteiger partial charge in [-0.25, -0.2) is 4.98 Å². The molecule has 3 rings (SSSR count). The van der Waals surface area contributed by atoms with Crippen molar-refractivity contribution >= 4 is 27.7 Å². The normalized spacial score (nSPS) is 18.9. The van der Waals surface area contributed by atoms with Crippen LogP contribution in [0.1, 0.15) is 50.6 Å². The minimum atomic E-state index is 0.640. The predicted molar refractivity (Wildman–Crippen MR) is 81.9 cm³/mol. The third kappa shape index (κ3) is 2.86. The molecule has 0 spiro atoms. The van der Waals surface area contributed by atoms with Crippen molar-refractivity contribution in [2.75, 3.05) is 29.9 Å². The number of anilines is 2. The summed E-state index contributed by atoms with van der Waals surface area (Å²) in [6.07, 6.45) is 6.16. The highest BCUT2D eigenvalue weighted by molar-refractivity contribution is 9.10. The number of aromatic nitrogens is 2. The van der Waals surface area contributed by atoms with E-state index in [1.54, 1.807) is 0 Å². The number of hydrogen-bond donors (Lipinski definition) is 1. The summed E-state index contributed by atoms with van der Waals surface area (Å²) in [6, 6.07) is 0. The zero-order valence-corrected chi connectivity index (χ0v) is 13.0. The number of halogens is 1. The van der Waals surface area contributed by atoms with E-state index >= 15 is 0 Å². The van der Waals surface area contributed by atoms with Gasteiger partial charge in [0.15, 0.2) is 0 Å². The molecule has 1 aliphatic carbocycles. The molecule has 0 radical (unpaired) electrons. The highest BCUT2D eigenvalue weighted by Crippen LogP contribution is 2.44. The van der Waals surface area contributed by atoms with Crippen LogP contribution in [0.4, 0.5) is 11.8 Å². The van der Waals surface area contributed by atoms with Crippen LogP contribution >= 0.6 is 15.9 Å². The number of nitrogens with one attached hydrogen (secondary N) is 1. The van der Waals surface area contributed by atoms with E-state index in [-0.39, 0.29) is 0 Å². The molecule has 0 amide bonds. The van der Waals surface area contributed by atoms with Crippen molar-refractivity contribution in [1.29, 1.82) is 0 Å². The fourth-order valence-electron chi connectivity index (χ4n) is 2.50. The minimum Gasteiger partial charge on any atom is -0.369 e. The monoisotopic (exact) mass is 324 g/mol. The van der Waals surface area contributed by atoms with E-state index in [4.69, 9.17) is 9.97 Å². The maximum atomic E-state index is 4.81. The van der Waals surface area contributed by atoms with Crippen LogP contribution in [0.5, 0.6) is 0 Å². The van der Waals surface area contributed by atoms with Gasteiger partial charge in [-0.1, -0.05) is 6.92 Å². The second-order valence-corrected chi connectivity index (χ2v) is 6.26. The Kier molecular flexibility index (Phi) is 3.91. The molecule has 1 saturated carbocycles. The average Bonchev–Trinajstić information content (AvgIpc) is 3.11. The van der Waals surface area contributed by atoms with Crippen molar-refractivity contribution in [3.05, 3.63) is 10.2 Å². The van der Waals surface area contributed by atoms with Crippen molar-refractivity contribution in [3.63, 3.8) is 0 Å². The van der Waals surface area contributed by atoms with E-state index in [1.807, 2.05) is 0 Å². The van der Waals surface area contributed by atoms with Crippen molar-refractivity contribution in [1.82, 2.24) is 9.97 Å². The van der Waals surface area contributed by atoms with Gasteiger partial charge in [0, 0.05) is 25.6 Å². The molecule has 1 aromatic rings. The molecule has 0 unspecified atom stereocenters. The molecule has 104 valence electrons. The number of rotatable bonds is 5. The van der Waals surface area contributed by atoms with Crippen molar-refractivity contribution in [2.24, 2.45) is 0 Å². The molecule has 1 saturated heterocycles. The molecule has 5 heteroatoms. The molecule has 2 fully saturated rings. The van der Waals surface area contributed by atoms with Crippen LogP contribution in [0.3, 0.4) is 0 Å². The first kappa shape index (κ1) is 13.2. The minimum absolute atomic E-state index is 0.640. The van der Waals surface area contributed by atoms with E-state index in [2.05, 4.69) is 33.1 Å². The summed E-state index contributed by atoms with van der Waals surface area (Å²) in [5, 5.41) is 3.42.